The molecule has 1 aromatic rings. The summed E-state index contributed by atoms with van der Waals surface area (Å²) in [4.78, 5) is 15.6. The first kappa shape index (κ1) is 13.7. The van der Waals surface area contributed by atoms with Crippen molar-refractivity contribution < 1.29 is 4.79 Å². The van der Waals surface area contributed by atoms with Crippen LogP contribution >= 0.6 is 0 Å². The summed E-state index contributed by atoms with van der Waals surface area (Å²) in [6.45, 7) is 3.02. The van der Waals surface area contributed by atoms with Crippen molar-refractivity contribution in [3.05, 3.63) is 24.3 Å². The van der Waals surface area contributed by atoms with Crippen molar-refractivity contribution in [3.63, 3.8) is 0 Å². The van der Waals surface area contributed by atoms with E-state index in [1.807, 2.05) is 14.1 Å². The van der Waals surface area contributed by atoms with E-state index in [4.69, 9.17) is 0 Å². The van der Waals surface area contributed by atoms with E-state index < -0.39 is 0 Å². The highest BCUT2D eigenvalue weighted by atomic mass is 16.2. The molecule has 0 aliphatic carbocycles. The number of nitrogens with one attached hydrogen (secondary N) is 1. The summed E-state index contributed by atoms with van der Waals surface area (Å²) < 4.78 is 0. The summed E-state index contributed by atoms with van der Waals surface area (Å²) in [6.07, 6.45) is 2.67. The quantitative estimate of drug-likeness (QED) is 0.902. The van der Waals surface area contributed by atoms with E-state index in [9.17, 15) is 4.79 Å². The summed E-state index contributed by atoms with van der Waals surface area (Å²) in [7, 11) is 3.63. The van der Waals surface area contributed by atoms with Crippen molar-refractivity contribution in [2.45, 2.75) is 19.3 Å². The third-order valence-corrected chi connectivity index (χ3v) is 3.48. The van der Waals surface area contributed by atoms with Gasteiger partial charge in [0.25, 0.3) is 0 Å². The predicted octanol–water partition coefficient (Wildman–Crippen LogP) is 2.18. The molecule has 4 nitrogen and oxygen atoms in total. The maximum Gasteiger partial charge on any atom is 0.222 e. The fourth-order valence-electron chi connectivity index (χ4n) is 2.39. The van der Waals surface area contributed by atoms with E-state index in [1.54, 1.807) is 4.90 Å². The van der Waals surface area contributed by atoms with Gasteiger partial charge >= 0.3 is 0 Å². The molecule has 0 aromatic heterocycles. The first-order valence-corrected chi connectivity index (χ1v) is 6.96. The van der Waals surface area contributed by atoms with Gasteiger partial charge in [-0.1, -0.05) is 12.1 Å². The van der Waals surface area contributed by atoms with Crippen LogP contribution in [-0.2, 0) is 4.79 Å². The number of rotatable bonds is 4. The van der Waals surface area contributed by atoms with E-state index in [0.29, 0.717) is 6.42 Å². The van der Waals surface area contributed by atoms with Gasteiger partial charge in [-0.3, -0.25) is 4.79 Å². The molecule has 1 aromatic carbocycles. The number of carbonyl (C=O) groups is 1. The van der Waals surface area contributed by atoms with Crippen LogP contribution in [0.1, 0.15) is 19.3 Å². The van der Waals surface area contributed by atoms with Gasteiger partial charge in [0.15, 0.2) is 0 Å². The molecule has 0 saturated heterocycles. The molecule has 0 radical (unpaired) electrons. The summed E-state index contributed by atoms with van der Waals surface area (Å²) in [6, 6.07) is 8.41. The smallest absolute Gasteiger partial charge is 0.222 e. The van der Waals surface area contributed by atoms with E-state index in [-0.39, 0.29) is 5.91 Å². The van der Waals surface area contributed by atoms with Gasteiger partial charge in [0.05, 0.1) is 11.4 Å². The number of nitrogens with zero attached hydrogens (tertiary/aromatic N) is 2. The molecule has 19 heavy (non-hydrogen) atoms. The van der Waals surface area contributed by atoms with Crippen molar-refractivity contribution in [2.75, 3.05) is 43.9 Å². The number of hydrogen-bond donors (Lipinski definition) is 1. The molecule has 0 saturated carbocycles. The van der Waals surface area contributed by atoms with Gasteiger partial charge in [-0.2, -0.15) is 0 Å². The Labute approximate surface area is 115 Å². The topological polar surface area (TPSA) is 35.6 Å². The molecule has 1 amide bonds. The van der Waals surface area contributed by atoms with Crippen molar-refractivity contribution in [3.8, 4) is 0 Å². The van der Waals surface area contributed by atoms with Crippen LogP contribution in [0.15, 0.2) is 24.3 Å². The number of benzene rings is 1. The molecule has 0 fully saturated rings. The van der Waals surface area contributed by atoms with Crippen LogP contribution in [-0.4, -0.2) is 44.5 Å². The Bertz CT molecular complexity index is 431. The Morgan fingerprint density at radius 2 is 2.16 bits per heavy atom. The molecular weight excluding hydrogens is 238 g/mol. The molecule has 1 aliphatic heterocycles. The van der Waals surface area contributed by atoms with Crippen LogP contribution in [0.5, 0.6) is 0 Å². The average molecular weight is 261 g/mol. The first-order valence-electron chi connectivity index (χ1n) is 6.96. The fourth-order valence-corrected chi connectivity index (χ4v) is 2.39. The molecule has 0 spiro atoms. The van der Waals surface area contributed by atoms with Crippen LogP contribution in [0.4, 0.5) is 11.4 Å². The number of amides is 1. The Balaban J connectivity index is 1.95. The Morgan fingerprint density at radius 1 is 1.37 bits per heavy atom. The van der Waals surface area contributed by atoms with Gasteiger partial charge in [0.2, 0.25) is 5.91 Å². The lowest BCUT2D eigenvalue weighted by Gasteiger charge is -2.24. The van der Waals surface area contributed by atoms with E-state index in [0.717, 1.165) is 32.5 Å². The Kier molecular flexibility index (Phi) is 4.66. The van der Waals surface area contributed by atoms with E-state index in [1.165, 1.54) is 11.4 Å². The molecule has 2 rings (SSSR count). The number of anilines is 2. The monoisotopic (exact) mass is 261 g/mol. The highest BCUT2D eigenvalue weighted by Gasteiger charge is 2.14. The predicted molar refractivity (Wildman–Crippen MR) is 79.7 cm³/mol. The summed E-state index contributed by atoms with van der Waals surface area (Å²) in [5.74, 6) is 0.209. The zero-order chi connectivity index (χ0) is 13.7. The van der Waals surface area contributed by atoms with Crippen LogP contribution in [0.2, 0.25) is 0 Å². The SMILES string of the molecule is CN(C)C(=O)CCCN1CCCNc2ccccc21. The lowest BCUT2D eigenvalue weighted by atomic mass is 10.2. The number of fused-ring (bicyclic) bond motifs is 1. The minimum absolute atomic E-state index is 0.209. The van der Waals surface area contributed by atoms with Crippen molar-refractivity contribution in [2.24, 2.45) is 0 Å². The molecular formula is C15H23N3O. The number of para-hydroxylation sites is 2. The van der Waals surface area contributed by atoms with Gasteiger partial charge in [-0.05, 0) is 25.0 Å². The second kappa shape index (κ2) is 6.45. The minimum Gasteiger partial charge on any atom is -0.383 e. The van der Waals surface area contributed by atoms with Gasteiger partial charge in [-0.15, -0.1) is 0 Å². The average Bonchev–Trinajstić information content (AvgIpc) is 2.61. The number of hydrogen-bond acceptors (Lipinski definition) is 3. The minimum atomic E-state index is 0.209. The molecule has 0 atom stereocenters. The van der Waals surface area contributed by atoms with Crippen LogP contribution in [0, 0.1) is 0 Å². The zero-order valence-corrected chi connectivity index (χ0v) is 11.9. The normalized spacial score (nSPS) is 14.3. The molecule has 0 unspecified atom stereocenters. The molecule has 104 valence electrons. The molecule has 1 aliphatic rings. The summed E-state index contributed by atoms with van der Waals surface area (Å²) in [5.41, 5.74) is 2.47. The van der Waals surface area contributed by atoms with Crippen LogP contribution in [0.25, 0.3) is 0 Å². The summed E-state index contributed by atoms with van der Waals surface area (Å²) >= 11 is 0. The second-order valence-corrected chi connectivity index (χ2v) is 5.18. The van der Waals surface area contributed by atoms with Gasteiger partial charge in [0.1, 0.15) is 0 Å². The number of carbonyl (C=O) groups excluding carboxylic acids is 1. The maximum absolute atomic E-state index is 11.6. The van der Waals surface area contributed by atoms with Crippen LogP contribution < -0.4 is 10.2 Å². The first-order chi connectivity index (χ1) is 9.18. The van der Waals surface area contributed by atoms with E-state index in [2.05, 4.69) is 34.5 Å². The third-order valence-electron chi connectivity index (χ3n) is 3.48. The fraction of sp³-hybridized carbons (Fsp3) is 0.533. The van der Waals surface area contributed by atoms with Crippen molar-refractivity contribution in [1.29, 1.82) is 0 Å². The van der Waals surface area contributed by atoms with Crippen molar-refractivity contribution in [1.82, 2.24) is 4.90 Å². The lowest BCUT2D eigenvalue weighted by molar-refractivity contribution is -0.128. The maximum atomic E-state index is 11.6. The van der Waals surface area contributed by atoms with Gasteiger partial charge < -0.3 is 15.1 Å². The van der Waals surface area contributed by atoms with Gasteiger partial charge in [0, 0.05) is 40.2 Å². The largest absolute Gasteiger partial charge is 0.383 e. The highest BCUT2D eigenvalue weighted by molar-refractivity contribution is 5.75. The molecule has 1 N–H and O–H groups in total. The van der Waals surface area contributed by atoms with E-state index >= 15 is 0 Å². The molecule has 0 bridgehead atoms. The van der Waals surface area contributed by atoms with Gasteiger partial charge in [-0.25, -0.2) is 0 Å². The third kappa shape index (κ3) is 3.63. The zero-order valence-electron chi connectivity index (χ0n) is 11.9. The standard InChI is InChI=1S/C15H23N3O/c1-17(2)15(19)9-5-11-18-12-6-10-16-13-7-3-4-8-14(13)18/h3-4,7-8,16H,5-6,9-12H2,1-2H3. The second-order valence-electron chi connectivity index (χ2n) is 5.18. The Morgan fingerprint density at radius 3 is 2.95 bits per heavy atom. The lowest BCUT2D eigenvalue weighted by Crippen LogP contribution is -2.27. The highest BCUT2D eigenvalue weighted by Crippen LogP contribution is 2.28. The summed E-state index contributed by atoms with van der Waals surface area (Å²) in [5, 5.41) is 3.46. The molecule has 1 heterocycles. The Hall–Kier alpha value is -1.71. The van der Waals surface area contributed by atoms with Crippen LogP contribution in [0.3, 0.4) is 0 Å². The molecule has 4 heteroatoms. The van der Waals surface area contributed by atoms with Crippen molar-refractivity contribution >= 4 is 17.3 Å².